The maximum atomic E-state index is 9.38. The van der Waals surface area contributed by atoms with Gasteiger partial charge in [-0.2, -0.15) is 5.26 Å². The molecule has 1 rings (SSSR count). The topological polar surface area (TPSA) is 114 Å². The van der Waals surface area contributed by atoms with Crippen LogP contribution in [0.1, 0.15) is 6.42 Å². The van der Waals surface area contributed by atoms with Crippen molar-refractivity contribution in [3.63, 3.8) is 0 Å². The first kappa shape index (κ1) is 11.4. The lowest BCUT2D eigenvalue weighted by molar-refractivity contribution is -0.227. The maximum Gasteiger partial charge on any atom is 0.111 e. The molecule has 0 aliphatic carbocycles. The van der Waals surface area contributed by atoms with E-state index in [1.165, 1.54) is 0 Å². The van der Waals surface area contributed by atoms with Crippen LogP contribution in [0.15, 0.2) is 0 Å². The Labute approximate surface area is 81.0 Å². The summed E-state index contributed by atoms with van der Waals surface area (Å²) in [4.78, 5) is 0. The van der Waals surface area contributed by atoms with E-state index in [2.05, 4.69) is 0 Å². The van der Waals surface area contributed by atoms with Gasteiger partial charge in [-0.1, -0.05) is 0 Å². The zero-order valence-corrected chi connectivity index (χ0v) is 7.45. The van der Waals surface area contributed by atoms with Crippen LogP contribution in [0.3, 0.4) is 0 Å². The molecule has 1 fully saturated rings. The third-order valence-electron chi connectivity index (χ3n) is 2.28. The van der Waals surface area contributed by atoms with Crippen molar-refractivity contribution < 1.29 is 25.2 Å². The summed E-state index contributed by atoms with van der Waals surface area (Å²) in [6, 6.07) is 1.79. The summed E-state index contributed by atoms with van der Waals surface area (Å²) in [5, 5.41) is 45.2. The summed E-state index contributed by atoms with van der Waals surface area (Å²) in [7, 11) is 0. The molecule has 6 heteroatoms. The van der Waals surface area contributed by atoms with E-state index in [1.807, 2.05) is 0 Å². The Bertz CT molecular complexity index is 226. The molecule has 6 nitrogen and oxygen atoms in total. The van der Waals surface area contributed by atoms with E-state index in [0.717, 1.165) is 0 Å². The number of nitrogens with zero attached hydrogens (tertiary/aromatic N) is 1. The number of hydrogen-bond donors (Lipinski definition) is 4. The third kappa shape index (κ3) is 2.03. The minimum Gasteiger partial charge on any atom is -0.394 e. The number of hydrogen-bond acceptors (Lipinski definition) is 6. The molecular formula is C8H13NO5. The molecule has 0 aromatic heterocycles. The van der Waals surface area contributed by atoms with E-state index >= 15 is 0 Å². The largest absolute Gasteiger partial charge is 0.394 e. The summed E-state index contributed by atoms with van der Waals surface area (Å²) in [6.07, 6.45) is -5.93. The highest BCUT2D eigenvalue weighted by Gasteiger charge is 2.42. The molecular weight excluding hydrogens is 190 g/mol. The second kappa shape index (κ2) is 4.68. The van der Waals surface area contributed by atoms with Crippen molar-refractivity contribution in [3.05, 3.63) is 0 Å². The molecule has 1 heterocycles. The van der Waals surface area contributed by atoms with Gasteiger partial charge in [-0.05, 0) is 0 Å². The first-order valence-electron chi connectivity index (χ1n) is 4.29. The van der Waals surface area contributed by atoms with Crippen LogP contribution in [0.25, 0.3) is 0 Å². The van der Waals surface area contributed by atoms with Crippen molar-refractivity contribution in [1.82, 2.24) is 0 Å². The van der Waals surface area contributed by atoms with Crippen molar-refractivity contribution in [2.45, 2.75) is 36.9 Å². The molecule has 0 amide bonds. The van der Waals surface area contributed by atoms with Gasteiger partial charge in [0.05, 0.1) is 25.2 Å². The number of rotatable bonds is 2. The Morgan fingerprint density at radius 3 is 2.14 bits per heavy atom. The molecule has 0 aromatic carbocycles. The summed E-state index contributed by atoms with van der Waals surface area (Å²) in [5.41, 5.74) is 0. The van der Waals surface area contributed by atoms with Crippen molar-refractivity contribution >= 4 is 0 Å². The van der Waals surface area contributed by atoms with Gasteiger partial charge in [0.2, 0.25) is 0 Å². The zero-order valence-electron chi connectivity index (χ0n) is 7.45. The van der Waals surface area contributed by atoms with Gasteiger partial charge >= 0.3 is 0 Å². The first-order chi connectivity index (χ1) is 6.61. The fraction of sp³-hybridized carbons (Fsp3) is 0.875. The van der Waals surface area contributed by atoms with Crippen LogP contribution in [-0.2, 0) is 4.74 Å². The SMILES string of the molecule is N#CC[C@@H]1OC(CO)C(O)C(O)C1O. The van der Waals surface area contributed by atoms with Crippen molar-refractivity contribution in [1.29, 1.82) is 5.26 Å². The minimum absolute atomic E-state index is 0.0958. The molecule has 80 valence electrons. The van der Waals surface area contributed by atoms with Crippen LogP contribution in [0, 0.1) is 11.3 Å². The van der Waals surface area contributed by atoms with Crippen LogP contribution >= 0.6 is 0 Å². The Balaban J connectivity index is 2.69. The number of aliphatic hydroxyl groups is 4. The Hall–Kier alpha value is -0.710. The standard InChI is InChI=1S/C8H13NO5/c9-2-1-4-6(11)8(13)7(12)5(3-10)14-4/h4-8,10-13H,1,3H2/t4-,5?,6?,7?,8?/m0/s1. The average molecular weight is 203 g/mol. The van der Waals surface area contributed by atoms with E-state index in [1.54, 1.807) is 6.07 Å². The van der Waals surface area contributed by atoms with Crippen LogP contribution in [0.2, 0.25) is 0 Å². The second-order valence-corrected chi connectivity index (χ2v) is 3.23. The Morgan fingerprint density at radius 2 is 1.64 bits per heavy atom. The predicted molar refractivity (Wildman–Crippen MR) is 44.0 cm³/mol. The fourth-order valence-electron chi connectivity index (χ4n) is 1.44. The lowest BCUT2D eigenvalue weighted by Crippen LogP contribution is -2.58. The van der Waals surface area contributed by atoms with Crippen LogP contribution in [0.5, 0.6) is 0 Å². The van der Waals surface area contributed by atoms with Crippen molar-refractivity contribution in [3.8, 4) is 6.07 Å². The smallest absolute Gasteiger partial charge is 0.111 e. The molecule has 0 aromatic rings. The van der Waals surface area contributed by atoms with Crippen molar-refractivity contribution in [2.24, 2.45) is 0 Å². The molecule has 1 aliphatic rings. The lowest BCUT2D eigenvalue weighted by atomic mass is 9.94. The quantitative estimate of drug-likeness (QED) is 0.403. The molecule has 4 N–H and O–H groups in total. The highest BCUT2D eigenvalue weighted by molar-refractivity contribution is 4.95. The van der Waals surface area contributed by atoms with E-state index in [4.69, 9.17) is 15.1 Å². The molecule has 0 saturated carbocycles. The number of ether oxygens (including phenoxy) is 1. The second-order valence-electron chi connectivity index (χ2n) is 3.23. The van der Waals surface area contributed by atoms with E-state index in [9.17, 15) is 15.3 Å². The van der Waals surface area contributed by atoms with Gasteiger partial charge in [-0.25, -0.2) is 0 Å². The van der Waals surface area contributed by atoms with E-state index in [0.29, 0.717) is 0 Å². The van der Waals surface area contributed by atoms with Gasteiger partial charge in [-0.15, -0.1) is 0 Å². The molecule has 5 atom stereocenters. The summed E-state index contributed by atoms with van der Waals surface area (Å²) in [6.45, 7) is -0.465. The number of aliphatic hydroxyl groups excluding tert-OH is 4. The van der Waals surface area contributed by atoms with Gasteiger partial charge in [0, 0.05) is 0 Å². The Morgan fingerprint density at radius 1 is 1.07 bits per heavy atom. The van der Waals surface area contributed by atoms with Crippen LogP contribution in [0.4, 0.5) is 0 Å². The molecule has 14 heavy (non-hydrogen) atoms. The maximum absolute atomic E-state index is 9.38. The first-order valence-corrected chi connectivity index (χ1v) is 4.29. The minimum atomic E-state index is -1.39. The predicted octanol–water partition coefficient (Wildman–Crippen LogP) is -2.26. The summed E-state index contributed by atoms with van der Waals surface area (Å²) in [5.74, 6) is 0. The van der Waals surface area contributed by atoms with E-state index < -0.39 is 37.1 Å². The van der Waals surface area contributed by atoms with Crippen molar-refractivity contribution in [2.75, 3.05) is 6.61 Å². The van der Waals surface area contributed by atoms with Gasteiger partial charge < -0.3 is 25.2 Å². The summed E-state index contributed by atoms with van der Waals surface area (Å²) >= 11 is 0. The molecule has 4 unspecified atom stereocenters. The van der Waals surface area contributed by atoms with Gasteiger partial charge in [-0.3, -0.25) is 0 Å². The molecule has 0 radical (unpaired) electrons. The fourth-order valence-corrected chi connectivity index (χ4v) is 1.44. The van der Waals surface area contributed by atoms with Crippen LogP contribution < -0.4 is 0 Å². The van der Waals surface area contributed by atoms with Gasteiger partial charge in [0.1, 0.15) is 24.4 Å². The molecule has 1 aliphatic heterocycles. The molecule has 0 spiro atoms. The zero-order chi connectivity index (χ0) is 10.7. The van der Waals surface area contributed by atoms with Gasteiger partial charge in [0.15, 0.2) is 0 Å². The number of nitriles is 1. The molecule has 1 saturated heterocycles. The lowest BCUT2D eigenvalue weighted by Gasteiger charge is -2.39. The normalized spacial score (nSPS) is 43.2. The highest BCUT2D eigenvalue weighted by atomic mass is 16.5. The average Bonchev–Trinajstić information content (AvgIpc) is 2.19. The summed E-state index contributed by atoms with van der Waals surface area (Å²) < 4.78 is 5.04. The molecule has 0 bridgehead atoms. The van der Waals surface area contributed by atoms with Gasteiger partial charge in [0.25, 0.3) is 0 Å². The van der Waals surface area contributed by atoms with E-state index in [-0.39, 0.29) is 6.42 Å². The Kier molecular flexibility index (Phi) is 3.80. The van der Waals surface area contributed by atoms with Crippen LogP contribution in [-0.4, -0.2) is 57.6 Å². The third-order valence-corrected chi connectivity index (χ3v) is 2.28. The monoisotopic (exact) mass is 203 g/mol. The highest BCUT2D eigenvalue weighted by Crippen LogP contribution is 2.22.